The van der Waals surface area contributed by atoms with E-state index in [1.165, 1.54) is 44.2 Å². The fraction of sp³-hybridized carbons (Fsp3) is 0.588. The van der Waals surface area contributed by atoms with Gasteiger partial charge in [-0.2, -0.15) is 5.26 Å². The maximum atomic E-state index is 13.8. The highest BCUT2D eigenvalue weighted by molar-refractivity contribution is 5.33. The average Bonchev–Trinajstić information content (AvgIpc) is 2.49. The average molecular weight is 274 g/mol. The first-order chi connectivity index (χ1) is 9.63. The van der Waals surface area contributed by atoms with Crippen LogP contribution in [0, 0.1) is 23.1 Å². The van der Waals surface area contributed by atoms with E-state index in [2.05, 4.69) is 24.9 Å². The Morgan fingerprint density at radius 3 is 2.60 bits per heavy atom. The number of nitriles is 1. The Morgan fingerprint density at radius 2 is 2.00 bits per heavy atom. The van der Waals surface area contributed by atoms with Crippen molar-refractivity contribution in [3.63, 3.8) is 0 Å². The molecular weight excluding hydrogens is 251 g/mol. The molecule has 1 aliphatic rings. The Kier molecular flexibility index (Phi) is 5.14. The molecule has 1 fully saturated rings. The normalized spacial score (nSPS) is 22.8. The molecule has 1 aromatic rings. The van der Waals surface area contributed by atoms with Crippen LogP contribution in [-0.4, -0.2) is 18.0 Å². The molecule has 1 aliphatic carbocycles. The minimum absolute atomic E-state index is 0.210. The van der Waals surface area contributed by atoms with Crippen LogP contribution in [0.4, 0.5) is 4.39 Å². The van der Waals surface area contributed by atoms with Gasteiger partial charge >= 0.3 is 0 Å². The third kappa shape index (κ3) is 3.58. The predicted octanol–water partition coefficient (Wildman–Crippen LogP) is 4.10. The van der Waals surface area contributed by atoms with E-state index in [1.54, 1.807) is 6.07 Å². The highest BCUT2D eigenvalue weighted by atomic mass is 19.1. The second kappa shape index (κ2) is 6.85. The Morgan fingerprint density at radius 1 is 1.30 bits per heavy atom. The van der Waals surface area contributed by atoms with Gasteiger partial charge < -0.3 is 0 Å². The van der Waals surface area contributed by atoms with Gasteiger partial charge in [-0.3, -0.25) is 4.90 Å². The summed E-state index contributed by atoms with van der Waals surface area (Å²) in [5, 5.41) is 8.91. The summed E-state index contributed by atoms with van der Waals surface area (Å²) in [4.78, 5) is 2.24. The van der Waals surface area contributed by atoms with Crippen LogP contribution in [-0.2, 0) is 6.54 Å². The standard InChI is InChI=1S/C17H23FN2/c1-3-13-4-7-16(8-5-13)20(2)12-15-10-14(11-19)6-9-17(15)18/h6,9-10,13,16H,3-5,7-8,12H2,1-2H3. The fourth-order valence-electron chi connectivity index (χ4n) is 3.16. The lowest BCUT2D eigenvalue weighted by Crippen LogP contribution is -2.34. The van der Waals surface area contributed by atoms with Crippen molar-refractivity contribution < 1.29 is 4.39 Å². The first-order valence-corrected chi connectivity index (χ1v) is 7.52. The molecule has 0 spiro atoms. The molecule has 0 radical (unpaired) electrons. The molecule has 0 amide bonds. The highest BCUT2D eigenvalue weighted by Gasteiger charge is 2.23. The van der Waals surface area contributed by atoms with Gasteiger partial charge in [0.1, 0.15) is 5.82 Å². The van der Waals surface area contributed by atoms with E-state index in [4.69, 9.17) is 5.26 Å². The molecule has 1 saturated carbocycles. The second-order valence-electron chi connectivity index (χ2n) is 5.92. The van der Waals surface area contributed by atoms with Gasteiger partial charge in [0.15, 0.2) is 0 Å². The molecule has 2 rings (SSSR count). The number of rotatable bonds is 4. The lowest BCUT2D eigenvalue weighted by Gasteiger charge is -2.34. The summed E-state index contributed by atoms with van der Waals surface area (Å²) < 4.78 is 13.8. The minimum atomic E-state index is -0.210. The summed E-state index contributed by atoms with van der Waals surface area (Å²) >= 11 is 0. The van der Waals surface area contributed by atoms with Crippen LogP contribution in [0.15, 0.2) is 18.2 Å². The van der Waals surface area contributed by atoms with Crippen LogP contribution < -0.4 is 0 Å². The first-order valence-electron chi connectivity index (χ1n) is 7.52. The smallest absolute Gasteiger partial charge is 0.127 e. The second-order valence-corrected chi connectivity index (χ2v) is 5.92. The van der Waals surface area contributed by atoms with Gasteiger partial charge in [0.2, 0.25) is 0 Å². The Bertz CT molecular complexity index is 484. The predicted molar refractivity (Wildman–Crippen MR) is 78.6 cm³/mol. The molecule has 0 heterocycles. The van der Waals surface area contributed by atoms with E-state index in [1.807, 2.05) is 0 Å². The van der Waals surface area contributed by atoms with Crippen LogP contribution >= 0.6 is 0 Å². The number of benzene rings is 1. The summed E-state index contributed by atoms with van der Waals surface area (Å²) in [5.41, 5.74) is 1.16. The van der Waals surface area contributed by atoms with E-state index in [0.717, 1.165) is 5.92 Å². The van der Waals surface area contributed by atoms with Crippen LogP contribution in [0.3, 0.4) is 0 Å². The lowest BCUT2D eigenvalue weighted by atomic mass is 9.84. The number of nitrogens with zero attached hydrogens (tertiary/aromatic N) is 2. The van der Waals surface area contributed by atoms with E-state index >= 15 is 0 Å². The zero-order valence-corrected chi connectivity index (χ0v) is 12.4. The summed E-state index contributed by atoms with van der Waals surface area (Å²) in [6, 6.07) is 7.22. The summed E-state index contributed by atoms with van der Waals surface area (Å²) in [6.07, 6.45) is 6.25. The molecule has 0 bridgehead atoms. The van der Waals surface area contributed by atoms with Crippen LogP contribution in [0.5, 0.6) is 0 Å². The minimum Gasteiger partial charge on any atom is -0.299 e. The topological polar surface area (TPSA) is 27.0 Å². The van der Waals surface area contributed by atoms with Crippen molar-refractivity contribution in [1.82, 2.24) is 4.90 Å². The molecule has 0 N–H and O–H groups in total. The molecule has 0 unspecified atom stereocenters. The van der Waals surface area contributed by atoms with Crippen molar-refractivity contribution in [2.24, 2.45) is 5.92 Å². The van der Waals surface area contributed by atoms with Crippen molar-refractivity contribution in [2.45, 2.75) is 51.6 Å². The van der Waals surface area contributed by atoms with Crippen molar-refractivity contribution in [3.8, 4) is 6.07 Å². The summed E-state index contributed by atoms with van der Waals surface area (Å²) in [7, 11) is 2.06. The van der Waals surface area contributed by atoms with Crippen LogP contribution in [0.1, 0.15) is 50.2 Å². The molecular formula is C17H23FN2. The Hall–Kier alpha value is -1.40. The highest BCUT2D eigenvalue weighted by Crippen LogP contribution is 2.29. The maximum absolute atomic E-state index is 13.8. The molecule has 0 saturated heterocycles. The van der Waals surface area contributed by atoms with E-state index in [-0.39, 0.29) is 5.82 Å². The molecule has 20 heavy (non-hydrogen) atoms. The van der Waals surface area contributed by atoms with Crippen molar-refractivity contribution >= 4 is 0 Å². The zero-order chi connectivity index (χ0) is 14.5. The lowest BCUT2D eigenvalue weighted by molar-refractivity contribution is 0.156. The van der Waals surface area contributed by atoms with Gasteiger partial charge in [0.05, 0.1) is 11.6 Å². The molecule has 0 atom stereocenters. The van der Waals surface area contributed by atoms with Gasteiger partial charge in [-0.05, 0) is 56.8 Å². The van der Waals surface area contributed by atoms with Gasteiger partial charge in [-0.15, -0.1) is 0 Å². The van der Waals surface area contributed by atoms with Crippen LogP contribution in [0.25, 0.3) is 0 Å². The molecule has 1 aromatic carbocycles. The molecule has 0 aliphatic heterocycles. The van der Waals surface area contributed by atoms with E-state index in [9.17, 15) is 4.39 Å². The Balaban J connectivity index is 1.98. The molecule has 0 aromatic heterocycles. The van der Waals surface area contributed by atoms with Gasteiger partial charge in [-0.25, -0.2) is 4.39 Å². The largest absolute Gasteiger partial charge is 0.299 e. The SMILES string of the molecule is CCC1CCC(N(C)Cc2cc(C#N)ccc2F)CC1. The van der Waals surface area contributed by atoms with Crippen LogP contribution in [0.2, 0.25) is 0 Å². The molecule has 108 valence electrons. The van der Waals surface area contributed by atoms with E-state index < -0.39 is 0 Å². The van der Waals surface area contributed by atoms with Crippen molar-refractivity contribution in [2.75, 3.05) is 7.05 Å². The third-order valence-corrected chi connectivity index (χ3v) is 4.61. The summed E-state index contributed by atoms with van der Waals surface area (Å²) in [5.74, 6) is 0.663. The summed E-state index contributed by atoms with van der Waals surface area (Å²) in [6.45, 7) is 2.85. The number of halogens is 1. The van der Waals surface area contributed by atoms with Gasteiger partial charge in [0.25, 0.3) is 0 Å². The Labute approximate surface area is 121 Å². The fourth-order valence-corrected chi connectivity index (χ4v) is 3.16. The molecule has 3 heteroatoms. The van der Waals surface area contributed by atoms with Gasteiger partial charge in [0, 0.05) is 18.2 Å². The van der Waals surface area contributed by atoms with Crippen molar-refractivity contribution in [1.29, 1.82) is 5.26 Å². The van der Waals surface area contributed by atoms with E-state index in [0.29, 0.717) is 23.7 Å². The van der Waals surface area contributed by atoms with Crippen molar-refractivity contribution in [3.05, 3.63) is 35.1 Å². The first kappa shape index (κ1) is 15.0. The van der Waals surface area contributed by atoms with Gasteiger partial charge in [-0.1, -0.05) is 13.3 Å². The molecule has 2 nitrogen and oxygen atoms in total. The zero-order valence-electron chi connectivity index (χ0n) is 12.4. The number of hydrogen-bond acceptors (Lipinski definition) is 2. The maximum Gasteiger partial charge on any atom is 0.127 e. The quantitative estimate of drug-likeness (QED) is 0.826. The third-order valence-electron chi connectivity index (χ3n) is 4.61. The monoisotopic (exact) mass is 274 g/mol. The number of hydrogen-bond donors (Lipinski definition) is 0.